The zero-order valence-corrected chi connectivity index (χ0v) is 8.74. The first-order valence-corrected chi connectivity index (χ1v) is 4.93. The Morgan fingerprint density at radius 3 is 2.60 bits per heavy atom. The second-order valence-corrected chi connectivity index (χ2v) is 3.86. The van der Waals surface area contributed by atoms with E-state index in [0.29, 0.717) is 23.1 Å². The summed E-state index contributed by atoms with van der Waals surface area (Å²) in [5.74, 6) is -0.554. The van der Waals surface area contributed by atoms with Crippen molar-refractivity contribution in [3.05, 3.63) is 16.8 Å². The molecule has 1 heterocycles. The zero-order chi connectivity index (χ0) is 11.0. The number of carbonyl (C=O) groups is 1. The highest BCUT2D eigenvalue weighted by molar-refractivity contribution is 5.94. The number of nitrogens with one attached hydrogen (secondary N) is 1. The zero-order valence-electron chi connectivity index (χ0n) is 8.74. The first kappa shape index (κ1) is 9.89. The van der Waals surface area contributed by atoms with Gasteiger partial charge < -0.3 is 10.4 Å². The largest absolute Gasteiger partial charge is 0.478 e. The van der Waals surface area contributed by atoms with E-state index in [1.54, 1.807) is 13.8 Å². The van der Waals surface area contributed by atoms with Gasteiger partial charge in [-0.1, -0.05) is 0 Å². The van der Waals surface area contributed by atoms with Gasteiger partial charge in [0, 0.05) is 6.04 Å². The molecule has 0 bridgehead atoms. The van der Waals surface area contributed by atoms with E-state index in [1.165, 1.54) is 0 Å². The van der Waals surface area contributed by atoms with Crippen molar-refractivity contribution in [3.8, 4) is 0 Å². The molecule has 5 heteroatoms. The van der Waals surface area contributed by atoms with Gasteiger partial charge in [-0.25, -0.2) is 4.79 Å². The molecule has 2 N–H and O–H groups in total. The van der Waals surface area contributed by atoms with Crippen molar-refractivity contribution in [1.82, 2.24) is 10.2 Å². The minimum absolute atomic E-state index is 0.245. The van der Waals surface area contributed by atoms with Crippen LogP contribution in [0.15, 0.2) is 0 Å². The van der Waals surface area contributed by atoms with Gasteiger partial charge in [-0.3, -0.25) is 0 Å². The van der Waals surface area contributed by atoms with Crippen LogP contribution in [-0.2, 0) is 0 Å². The molecular weight excluding hydrogens is 194 g/mol. The van der Waals surface area contributed by atoms with Gasteiger partial charge in [0.15, 0.2) is 5.82 Å². The van der Waals surface area contributed by atoms with Crippen LogP contribution in [0.2, 0.25) is 0 Å². The Hall–Kier alpha value is -1.65. The highest BCUT2D eigenvalue weighted by Gasteiger charge is 2.25. The Kier molecular flexibility index (Phi) is 2.30. The predicted molar refractivity (Wildman–Crippen MR) is 55.1 cm³/mol. The number of nitrogens with zero attached hydrogens (tertiary/aromatic N) is 2. The molecule has 0 atom stereocenters. The van der Waals surface area contributed by atoms with E-state index in [9.17, 15) is 4.79 Å². The molecule has 0 saturated heterocycles. The minimum Gasteiger partial charge on any atom is -0.478 e. The van der Waals surface area contributed by atoms with Crippen molar-refractivity contribution in [1.29, 1.82) is 0 Å². The van der Waals surface area contributed by atoms with Gasteiger partial charge >= 0.3 is 5.97 Å². The number of hydrogen-bond donors (Lipinski definition) is 2. The number of aromatic carboxylic acids is 1. The van der Waals surface area contributed by atoms with Crippen LogP contribution < -0.4 is 5.32 Å². The molecule has 0 amide bonds. The smallest absolute Gasteiger partial charge is 0.339 e. The first-order valence-electron chi connectivity index (χ1n) is 4.93. The minimum atomic E-state index is -0.950. The second kappa shape index (κ2) is 3.49. The van der Waals surface area contributed by atoms with Gasteiger partial charge in [0.05, 0.1) is 5.69 Å². The summed E-state index contributed by atoms with van der Waals surface area (Å²) >= 11 is 0. The number of carboxylic acid groups (broad SMARTS) is 1. The van der Waals surface area contributed by atoms with Gasteiger partial charge in [0.25, 0.3) is 0 Å². The molecule has 1 aliphatic rings. The molecule has 1 fully saturated rings. The highest BCUT2D eigenvalue weighted by atomic mass is 16.4. The third-order valence-corrected chi connectivity index (χ3v) is 2.59. The van der Waals surface area contributed by atoms with Crippen LogP contribution in [0.5, 0.6) is 0 Å². The standard InChI is InChI=1S/C10H13N3O2/c1-5-6(2)12-13-9(8(5)10(14)15)11-7-3-4-7/h7H,3-4H2,1-2H3,(H,11,13)(H,14,15). The van der Waals surface area contributed by atoms with Crippen molar-refractivity contribution in [2.75, 3.05) is 5.32 Å². The van der Waals surface area contributed by atoms with E-state index in [1.807, 2.05) is 0 Å². The fourth-order valence-corrected chi connectivity index (χ4v) is 1.39. The molecule has 1 aromatic heterocycles. The molecule has 15 heavy (non-hydrogen) atoms. The maximum absolute atomic E-state index is 11.1. The lowest BCUT2D eigenvalue weighted by Crippen LogP contribution is -2.13. The maximum Gasteiger partial charge on any atom is 0.339 e. The summed E-state index contributed by atoms with van der Waals surface area (Å²) in [5, 5.41) is 20.0. The Morgan fingerprint density at radius 1 is 1.40 bits per heavy atom. The molecule has 0 spiro atoms. The Balaban J connectivity index is 2.42. The van der Waals surface area contributed by atoms with Crippen LogP contribution in [-0.4, -0.2) is 27.3 Å². The lowest BCUT2D eigenvalue weighted by molar-refractivity contribution is 0.0696. The van der Waals surface area contributed by atoms with Crippen LogP contribution in [0.4, 0.5) is 5.82 Å². The molecular formula is C10H13N3O2. The second-order valence-electron chi connectivity index (χ2n) is 3.86. The van der Waals surface area contributed by atoms with Crippen molar-refractivity contribution in [3.63, 3.8) is 0 Å². The third-order valence-electron chi connectivity index (χ3n) is 2.59. The van der Waals surface area contributed by atoms with Gasteiger partial charge in [-0.2, -0.15) is 5.10 Å². The fraction of sp³-hybridized carbons (Fsp3) is 0.500. The lowest BCUT2D eigenvalue weighted by Gasteiger charge is -2.10. The molecule has 0 aromatic carbocycles. The van der Waals surface area contributed by atoms with Crippen molar-refractivity contribution < 1.29 is 9.90 Å². The third kappa shape index (κ3) is 1.91. The number of hydrogen-bond acceptors (Lipinski definition) is 4. The van der Waals surface area contributed by atoms with Crippen molar-refractivity contribution >= 4 is 11.8 Å². The van der Waals surface area contributed by atoms with E-state index < -0.39 is 5.97 Å². The van der Waals surface area contributed by atoms with Crippen LogP contribution in [0, 0.1) is 13.8 Å². The summed E-state index contributed by atoms with van der Waals surface area (Å²) in [6.45, 7) is 3.52. The van der Waals surface area contributed by atoms with Crippen LogP contribution >= 0.6 is 0 Å². The average molecular weight is 207 g/mol. The molecule has 1 aliphatic carbocycles. The summed E-state index contributed by atoms with van der Waals surface area (Å²) in [7, 11) is 0. The SMILES string of the molecule is Cc1nnc(NC2CC2)c(C(=O)O)c1C. The van der Waals surface area contributed by atoms with E-state index in [-0.39, 0.29) is 5.56 Å². The van der Waals surface area contributed by atoms with E-state index in [2.05, 4.69) is 15.5 Å². The van der Waals surface area contributed by atoms with Gasteiger partial charge in [-0.15, -0.1) is 5.10 Å². The molecule has 1 aromatic rings. The van der Waals surface area contributed by atoms with Gasteiger partial charge in [0.2, 0.25) is 0 Å². The summed E-state index contributed by atoms with van der Waals surface area (Å²) in [4.78, 5) is 11.1. The molecule has 0 aliphatic heterocycles. The van der Waals surface area contributed by atoms with E-state index in [0.717, 1.165) is 12.8 Å². The van der Waals surface area contributed by atoms with Gasteiger partial charge in [-0.05, 0) is 32.3 Å². The van der Waals surface area contributed by atoms with Crippen LogP contribution in [0.3, 0.4) is 0 Å². The number of rotatable bonds is 3. The van der Waals surface area contributed by atoms with E-state index >= 15 is 0 Å². The quantitative estimate of drug-likeness (QED) is 0.782. The fourth-order valence-electron chi connectivity index (χ4n) is 1.39. The normalized spacial score (nSPS) is 15.1. The molecule has 0 unspecified atom stereocenters. The number of anilines is 1. The first-order chi connectivity index (χ1) is 7.09. The van der Waals surface area contributed by atoms with Crippen LogP contribution in [0.1, 0.15) is 34.5 Å². The summed E-state index contributed by atoms with van der Waals surface area (Å²) in [6, 6.07) is 0.375. The summed E-state index contributed by atoms with van der Waals surface area (Å²) in [6.07, 6.45) is 2.15. The molecule has 0 radical (unpaired) electrons. The topological polar surface area (TPSA) is 75.1 Å². The highest BCUT2D eigenvalue weighted by Crippen LogP contribution is 2.26. The van der Waals surface area contributed by atoms with E-state index in [4.69, 9.17) is 5.11 Å². The summed E-state index contributed by atoms with van der Waals surface area (Å²) in [5.41, 5.74) is 1.59. The molecule has 5 nitrogen and oxygen atoms in total. The number of aromatic nitrogens is 2. The molecule has 2 rings (SSSR count). The van der Waals surface area contributed by atoms with Crippen LogP contribution in [0.25, 0.3) is 0 Å². The Labute approximate surface area is 87.5 Å². The number of carboxylic acids is 1. The Morgan fingerprint density at radius 2 is 2.07 bits per heavy atom. The van der Waals surface area contributed by atoms with Crippen molar-refractivity contribution in [2.45, 2.75) is 32.7 Å². The summed E-state index contributed by atoms with van der Waals surface area (Å²) < 4.78 is 0. The monoisotopic (exact) mass is 207 g/mol. The molecule has 1 saturated carbocycles. The van der Waals surface area contributed by atoms with Crippen molar-refractivity contribution in [2.24, 2.45) is 0 Å². The molecule has 80 valence electrons. The predicted octanol–water partition coefficient (Wildman–Crippen LogP) is 1.37. The van der Waals surface area contributed by atoms with Gasteiger partial charge in [0.1, 0.15) is 5.56 Å². The maximum atomic E-state index is 11.1. The lowest BCUT2D eigenvalue weighted by atomic mass is 10.1. The number of aryl methyl sites for hydroxylation is 1. The Bertz CT molecular complexity index is 413. The average Bonchev–Trinajstić information content (AvgIpc) is 2.95.